The van der Waals surface area contributed by atoms with Crippen molar-refractivity contribution in [1.82, 2.24) is 15.1 Å². The summed E-state index contributed by atoms with van der Waals surface area (Å²) in [7, 11) is 0. The molecule has 1 aliphatic carbocycles. The predicted molar refractivity (Wildman–Crippen MR) is 92.3 cm³/mol. The van der Waals surface area contributed by atoms with Gasteiger partial charge in [0, 0.05) is 25.2 Å². The molecule has 0 aromatic rings. The Labute approximate surface area is 141 Å². The Hall–Kier alpha value is -0.610. The minimum atomic E-state index is 0.120. The third-order valence-electron chi connectivity index (χ3n) is 6.84. The first-order valence-electron chi connectivity index (χ1n) is 10.1. The van der Waals surface area contributed by atoms with Crippen molar-refractivity contribution in [1.29, 1.82) is 0 Å². The van der Waals surface area contributed by atoms with Crippen molar-refractivity contribution in [3.8, 4) is 0 Å². The van der Waals surface area contributed by atoms with Gasteiger partial charge in [0.05, 0.1) is 6.04 Å². The summed E-state index contributed by atoms with van der Waals surface area (Å²) in [4.78, 5) is 17.7. The molecule has 0 aromatic carbocycles. The minimum absolute atomic E-state index is 0.120. The zero-order valence-corrected chi connectivity index (χ0v) is 14.5. The van der Waals surface area contributed by atoms with E-state index >= 15 is 0 Å². The van der Waals surface area contributed by atoms with Crippen molar-refractivity contribution in [2.24, 2.45) is 5.92 Å². The zero-order valence-electron chi connectivity index (χ0n) is 14.5. The molecule has 1 N–H and O–H groups in total. The fraction of sp³-hybridized carbons (Fsp3) is 0.947. The number of likely N-dealkylation sites (tertiary alicyclic amines) is 2. The molecule has 0 aromatic heterocycles. The smallest absolute Gasteiger partial charge is 0.239 e. The van der Waals surface area contributed by atoms with Crippen LogP contribution < -0.4 is 5.32 Å². The summed E-state index contributed by atoms with van der Waals surface area (Å²) in [5.41, 5.74) is 0. The van der Waals surface area contributed by atoms with E-state index in [9.17, 15) is 4.79 Å². The van der Waals surface area contributed by atoms with Gasteiger partial charge in [-0.3, -0.25) is 4.79 Å². The van der Waals surface area contributed by atoms with E-state index in [1.165, 1.54) is 70.9 Å². The minimum Gasteiger partial charge on any atom is -0.341 e. The van der Waals surface area contributed by atoms with Crippen LogP contribution in [0.2, 0.25) is 0 Å². The van der Waals surface area contributed by atoms with Crippen LogP contribution in [-0.2, 0) is 4.79 Å². The number of hydrogen-bond donors (Lipinski definition) is 1. The lowest BCUT2D eigenvalue weighted by Crippen LogP contribution is -2.52. The number of rotatable bonds is 2. The second kappa shape index (κ2) is 7.10. The second-order valence-electron chi connectivity index (χ2n) is 8.26. The van der Waals surface area contributed by atoms with E-state index in [0.717, 1.165) is 31.5 Å². The number of carbonyl (C=O) groups is 1. The Morgan fingerprint density at radius 3 is 2.30 bits per heavy atom. The molecular formula is C19H33N3O. The molecule has 0 bridgehead atoms. The van der Waals surface area contributed by atoms with E-state index in [0.29, 0.717) is 11.9 Å². The van der Waals surface area contributed by atoms with Crippen LogP contribution in [0.1, 0.15) is 64.2 Å². The normalized spacial score (nSPS) is 36.9. The van der Waals surface area contributed by atoms with Crippen LogP contribution in [0.4, 0.5) is 0 Å². The second-order valence-corrected chi connectivity index (χ2v) is 8.26. The molecule has 130 valence electrons. The summed E-state index contributed by atoms with van der Waals surface area (Å²) < 4.78 is 0. The lowest BCUT2D eigenvalue weighted by Gasteiger charge is -2.40. The molecule has 4 nitrogen and oxygen atoms in total. The lowest BCUT2D eigenvalue weighted by molar-refractivity contribution is -0.134. The summed E-state index contributed by atoms with van der Waals surface area (Å²) in [6.07, 6.45) is 12.9. The van der Waals surface area contributed by atoms with Crippen molar-refractivity contribution in [3.05, 3.63) is 0 Å². The predicted octanol–water partition coefficient (Wildman–Crippen LogP) is 2.38. The summed E-state index contributed by atoms with van der Waals surface area (Å²) in [6, 6.07) is 1.48. The molecule has 3 unspecified atom stereocenters. The van der Waals surface area contributed by atoms with Crippen LogP contribution in [0.25, 0.3) is 0 Å². The van der Waals surface area contributed by atoms with Crippen LogP contribution in [0.3, 0.4) is 0 Å². The first-order chi connectivity index (χ1) is 11.3. The lowest BCUT2D eigenvalue weighted by atomic mass is 9.85. The van der Waals surface area contributed by atoms with Gasteiger partial charge in [-0.2, -0.15) is 0 Å². The topological polar surface area (TPSA) is 35.6 Å². The van der Waals surface area contributed by atoms with Gasteiger partial charge in [-0.1, -0.05) is 19.3 Å². The molecule has 4 heteroatoms. The van der Waals surface area contributed by atoms with Crippen molar-refractivity contribution in [2.75, 3.05) is 26.2 Å². The van der Waals surface area contributed by atoms with Gasteiger partial charge in [0.25, 0.3) is 0 Å². The van der Waals surface area contributed by atoms with Crippen LogP contribution in [0.5, 0.6) is 0 Å². The zero-order chi connectivity index (χ0) is 15.6. The van der Waals surface area contributed by atoms with Crippen LogP contribution >= 0.6 is 0 Å². The van der Waals surface area contributed by atoms with Crippen molar-refractivity contribution in [2.45, 2.75) is 82.3 Å². The highest BCUT2D eigenvalue weighted by Gasteiger charge is 2.40. The standard InChI is InChI=1S/C19H33N3O/c23-19(18-14-15-6-2-3-7-17(15)20-18)22-12-8-16(9-13-22)21-10-4-1-5-11-21/h15-18,20H,1-14H2. The van der Waals surface area contributed by atoms with Crippen molar-refractivity contribution in [3.63, 3.8) is 0 Å². The van der Waals surface area contributed by atoms with E-state index in [1.807, 2.05) is 0 Å². The molecule has 4 aliphatic rings. The van der Waals surface area contributed by atoms with Crippen molar-refractivity contribution >= 4 is 5.91 Å². The molecular weight excluding hydrogens is 286 g/mol. The number of hydrogen-bond acceptors (Lipinski definition) is 3. The van der Waals surface area contributed by atoms with Gasteiger partial charge < -0.3 is 15.1 Å². The Balaban J connectivity index is 1.27. The van der Waals surface area contributed by atoms with Gasteiger partial charge in [-0.25, -0.2) is 0 Å². The van der Waals surface area contributed by atoms with Gasteiger partial charge in [0.15, 0.2) is 0 Å². The highest BCUT2D eigenvalue weighted by atomic mass is 16.2. The molecule has 23 heavy (non-hydrogen) atoms. The van der Waals surface area contributed by atoms with Gasteiger partial charge in [-0.15, -0.1) is 0 Å². The molecule has 3 aliphatic heterocycles. The number of piperidine rings is 2. The third-order valence-corrected chi connectivity index (χ3v) is 6.84. The first-order valence-corrected chi connectivity index (χ1v) is 10.1. The molecule has 3 heterocycles. The quantitative estimate of drug-likeness (QED) is 0.849. The fourth-order valence-electron chi connectivity index (χ4n) is 5.47. The monoisotopic (exact) mass is 319 g/mol. The van der Waals surface area contributed by atoms with Crippen molar-refractivity contribution < 1.29 is 4.79 Å². The maximum atomic E-state index is 12.9. The molecule has 4 fully saturated rings. The highest BCUT2D eigenvalue weighted by molar-refractivity contribution is 5.82. The number of amides is 1. The van der Waals surface area contributed by atoms with Crippen LogP contribution in [-0.4, -0.2) is 60.0 Å². The Morgan fingerprint density at radius 2 is 1.57 bits per heavy atom. The van der Waals surface area contributed by atoms with E-state index in [4.69, 9.17) is 0 Å². The molecule has 3 saturated heterocycles. The number of carbonyl (C=O) groups excluding carboxylic acids is 1. The number of nitrogens with one attached hydrogen (secondary N) is 1. The molecule has 3 atom stereocenters. The summed E-state index contributed by atoms with van der Waals surface area (Å²) in [5, 5.41) is 3.66. The number of nitrogens with zero attached hydrogens (tertiary/aromatic N) is 2. The van der Waals surface area contributed by atoms with Gasteiger partial charge >= 0.3 is 0 Å². The third kappa shape index (κ3) is 3.43. The van der Waals surface area contributed by atoms with E-state index in [2.05, 4.69) is 15.1 Å². The molecule has 4 rings (SSSR count). The van der Waals surface area contributed by atoms with Gasteiger partial charge in [-0.05, 0) is 64.0 Å². The first kappa shape index (κ1) is 15.9. The summed E-state index contributed by atoms with van der Waals surface area (Å²) >= 11 is 0. The summed E-state index contributed by atoms with van der Waals surface area (Å²) in [6.45, 7) is 4.53. The Bertz CT molecular complexity index is 399. The molecule has 0 spiro atoms. The van der Waals surface area contributed by atoms with E-state index < -0.39 is 0 Å². The van der Waals surface area contributed by atoms with E-state index in [-0.39, 0.29) is 6.04 Å². The average Bonchev–Trinajstić information content (AvgIpc) is 3.06. The fourth-order valence-corrected chi connectivity index (χ4v) is 5.47. The Kier molecular flexibility index (Phi) is 4.91. The molecule has 1 saturated carbocycles. The van der Waals surface area contributed by atoms with Gasteiger partial charge in [0.1, 0.15) is 0 Å². The maximum Gasteiger partial charge on any atom is 0.239 e. The largest absolute Gasteiger partial charge is 0.341 e. The molecule has 0 radical (unpaired) electrons. The summed E-state index contributed by atoms with van der Waals surface area (Å²) in [5.74, 6) is 1.17. The van der Waals surface area contributed by atoms with E-state index in [1.54, 1.807) is 0 Å². The number of fused-ring (bicyclic) bond motifs is 1. The van der Waals surface area contributed by atoms with Gasteiger partial charge in [0.2, 0.25) is 5.91 Å². The molecule has 1 amide bonds. The SMILES string of the molecule is O=C(C1CC2CCCCC2N1)N1CCC(N2CCCCC2)CC1. The maximum absolute atomic E-state index is 12.9. The Morgan fingerprint density at radius 1 is 0.826 bits per heavy atom. The van der Waals surface area contributed by atoms with Crippen LogP contribution in [0.15, 0.2) is 0 Å². The van der Waals surface area contributed by atoms with Crippen LogP contribution in [0, 0.1) is 5.92 Å². The highest BCUT2D eigenvalue weighted by Crippen LogP contribution is 2.34. The average molecular weight is 319 g/mol.